The van der Waals surface area contributed by atoms with Gasteiger partial charge in [0.25, 0.3) is 0 Å². The number of hydrogen-bond donors (Lipinski definition) is 1. The molecule has 2 unspecified atom stereocenters. The van der Waals surface area contributed by atoms with E-state index in [0.29, 0.717) is 19.6 Å². The number of ketones is 1. The number of carbonyl (C=O) groups excluding carboxylic acids is 2. The highest BCUT2D eigenvalue weighted by Gasteiger charge is 2.77. The molecule has 0 radical (unpaired) electrons. The molecule has 5 nitrogen and oxygen atoms in total. The van der Waals surface area contributed by atoms with Crippen molar-refractivity contribution in [3.05, 3.63) is 12.2 Å². The molecule has 0 aromatic heterocycles. The molecular weight excluding hydrogens is 342 g/mol. The molecule has 4 bridgehead atoms. The Bertz CT molecular complexity index is 778. The number of Topliss-reactive ketones (excluding diaryl/α,β-unsaturated/α-hetero) is 1. The number of ether oxygens (including phenoxy) is 1. The molecule has 5 saturated carbocycles. The molecule has 1 N–H and O–H groups in total. The molecule has 146 valence electrons. The van der Waals surface area contributed by atoms with E-state index in [1.165, 1.54) is 0 Å². The first-order valence-electron chi connectivity index (χ1n) is 10.7. The van der Waals surface area contributed by atoms with Crippen LogP contribution in [-0.2, 0) is 14.3 Å². The standard InChI is InChI=1S/C22H29NO4/c1-12-13-4-7-22(17(12)25)15(10-13)21-6-3-5-20(2,14(21)11-16(22)24)18(26)23-8-9-27-19(21)23/h13-16,19,24H,1,3-11H2,2H3/t13-,14?,15?,16+,19+,20+,21-,22+/m0/s1. The lowest BCUT2D eigenvalue weighted by Crippen LogP contribution is -2.77. The van der Waals surface area contributed by atoms with Gasteiger partial charge in [0.05, 0.1) is 23.5 Å². The highest BCUT2D eigenvalue weighted by molar-refractivity contribution is 6.02. The Morgan fingerprint density at radius 2 is 2.00 bits per heavy atom. The second-order valence-corrected chi connectivity index (χ2v) is 10.3. The molecule has 1 amide bonds. The summed E-state index contributed by atoms with van der Waals surface area (Å²) < 4.78 is 6.26. The molecule has 7 fully saturated rings. The first-order valence-corrected chi connectivity index (χ1v) is 10.7. The quantitative estimate of drug-likeness (QED) is 0.664. The third-order valence-corrected chi connectivity index (χ3v) is 9.78. The number of nitrogens with zero attached hydrogens (tertiary/aromatic N) is 1. The van der Waals surface area contributed by atoms with E-state index in [9.17, 15) is 14.7 Å². The van der Waals surface area contributed by atoms with Crippen LogP contribution in [-0.4, -0.2) is 47.2 Å². The minimum atomic E-state index is -0.696. The summed E-state index contributed by atoms with van der Waals surface area (Å²) in [7, 11) is 0. The summed E-state index contributed by atoms with van der Waals surface area (Å²) in [5.41, 5.74) is -0.576. The van der Waals surface area contributed by atoms with Gasteiger partial charge in [-0.1, -0.05) is 19.9 Å². The fourth-order valence-electron chi connectivity index (χ4n) is 8.73. The zero-order valence-electron chi connectivity index (χ0n) is 16.1. The molecule has 5 heteroatoms. The maximum atomic E-state index is 13.4. The van der Waals surface area contributed by atoms with Crippen LogP contribution in [0, 0.1) is 34.0 Å². The van der Waals surface area contributed by atoms with Crippen molar-refractivity contribution in [1.82, 2.24) is 4.90 Å². The maximum Gasteiger partial charge on any atom is 0.230 e. The van der Waals surface area contributed by atoms with Gasteiger partial charge < -0.3 is 14.7 Å². The number of rotatable bonds is 0. The molecule has 0 aromatic carbocycles. The van der Waals surface area contributed by atoms with Crippen LogP contribution < -0.4 is 0 Å². The Morgan fingerprint density at radius 3 is 2.81 bits per heavy atom. The van der Waals surface area contributed by atoms with Crippen molar-refractivity contribution >= 4 is 11.7 Å². The monoisotopic (exact) mass is 371 g/mol. The van der Waals surface area contributed by atoms with Crippen LogP contribution in [0.15, 0.2) is 12.2 Å². The lowest BCUT2D eigenvalue weighted by Gasteiger charge is -2.72. The molecule has 5 aliphatic carbocycles. The number of aliphatic hydroxyl groups excluding tert-OH is 1. The summed E-state index contributed by atoms with van der Waals surface area (Å²) in [5, 5.41) is 11.4. The van der Waals surface area contributed by atoms with Gasteiger partial charge in [0, 0.05) is 12.0 Å². The molecule has 27 heavy (non-hydrogen) atoms. The van der Waals surface area contributed by atoms with Crippen LogP contribution in [0.4, 0.5) is 0 Å². The van der Waals surface area contributed by atoms with Crippen molar-refractivity contribution in [3.8, 4) is 0 Å². The van der Waals surface area contributed by atoms with Crippen molar-refractivity contribution in [1.29, 1.82) is 0 Å². The van der Waals surface area contributed by atoms with Gasteiger partial charge in [0.15, 0.2) is 5.78 Å². The molecule has 0 aromatic rings. The van der Waals surface area contributed by atoms with Gasteiger partial charge in [-0.25, -0.2) is 0 Å². The Labute approximate surface area is 160 Å². The topological polar surface area (TPSA) is 66.8 Å². The SMILES string of the molecule is C=C1C(=O)[C@]23CC[C@H]1CC2[C@@]12CCC[C@@](C)(C(=O)N4CCO[C@@H]41)C2C[C@H]3O. The van der Waals surface area contributed by atoms with Crippen molar-refractivity contribution in [2.75, 3.05) is 13.2 Å². The number of amides is 1. The van der Waals surface area contributed by atoms with E-state index in [4.69, 9.17) is 4.74 Å². The summed E-state index contributed by atoms with van der Waals surface area (Å²) in [4.78, 5) is 28.8. The summed E-state index contributed by atoms with van der Waals surface area (Å²) >= 11 is 0. The first kappa shape index (κ1) is 16.7. The number of hydrogen-bond acceptors (Lipinski definition) is 4. The zero-order valence-corrected chi connectivity index (χ0v) is 16.1. The van der Waals surface area contributed by atoms with E-state index >= 15 is 0 Å². The number of aliphatic hydroxyl groups is 1. The number of carbonyl (C=O) groups is 2. The van der Waals surface area contributed by atoms with E-state index in [2.05, 4.69) is 13.5 Å². The summed E-state index contributed by atoms with van der Waals surface area (Å²) in [5.74, 6) is 0.782. The van der Waals surface area contributed by atoms with Crippen molar-refractivity contribution < 1.29 is 19.4 Å². The smallest absolute Gasteiger partial charge is 0.230 e. The predicted molar refractivity (Wildman–Crippen MR) is 97.4 cm³/mol. The van der Waals surface area contributed by atoms with Gasteiger partial charge in [-0.3, -0.25) is 9.59 Å². The van der Waals surface area contributed by atoms with Gasteiger partial charge in [0.2, 0.25) is 5.91 Å². The van der Waals surface area contributed by atoms with Crippen LogP contribution in [0.2, 0.25) is 0 Å². The lowest BCUT2D eigenvalue weighted by atomic mass is 9.34. The van der Waals surface area contributed by atoms with E-state index in [1.807, 2.05) is 4.90 Å². The average Bonchev–Trinajstić information content (AvgIpc) is 3.15. The van der Waals surface area contributed by atoms with E-state index in [0.717, 1.165) is 44.1 Å². The number of allylic oxidation sites excluding steroid dienone is 1. The predicted octanol–water partition coefficient (Wildman–Crippen LogP) is 2.28. The van der Waals surface area contributed by atoms with E-state index in [-0.39, 0.29) is 41.1 Å². The van der Waals surface area contributed by atoms with Gasteiger partial charge in [-0.05, 0) is 61.9 Å². The van der Waals surface area contributed by atoms with Crippen LogP contribution in [0.5, 0.6) is 0 Å². The van der Waals surface area contributed by atoms with Gasteiger partial charge in [-0.2, -0.15) is 0 Å². The fourth-order valence-corrected chi connectivity index (χ4v) is 8.73. The highest BCUT2D eigenvalue weighted by Crippen LogP contribution is 2.74. The second-order valence-electron chi connectivity index (χ2n) is 10.3. The van der Waals surface area contributed by atoms with Gasteiger partial charge in [0.1, 0.15) is 6.23 Å². The molecule has 8 atom stereocenters. The Hall–Kier alpha value is -1.20. The third kappa shape index (κ3) is 1.56. The number of piperidine rings is 1. The minimum absolute atomic E-state index is 0.105. The normalized spacial score (nSPS) is 56.0. The van der Waals surface area contributed by atoms with Crippen LogP contribution >= 0.6 is 0 Å². The van der Waals surface area contributed by atoms with Crippen molar-refractivity contribution in [3.63, 3.8) is 0 Å². The molecule has 2 saturated heterocycles. The molecule has 2 aliphatic heterocycles. The van der Waals surface area contributed by atoms with Gasteiger partial charge >= 0.3 is 0 Å². The largest absolute Gasteiger partial charge is 0.392 e. The summed E-state index contributed by atoms with van der Waals surface area (Å²) in [6.07, 6.45) is 5.24. The lowest BCUT2D eigenvalue weighted by molar-refractivity contribution is -0.281. The average molecular weight is 371 g/mol. The van der Waals surface area contributed by atoms with Crippen molar-refractivity contribution in [2.45, 2.75) is 64.2 Å². The Morgan fingerprint density at radius 1 is 1.19 bits per heavy atom. The van der Waals surface area contributed by atoms with Crippen LogP contribution in [0.25, 0.3) is 0 Å². The van der Waals surface area contributed by atoms with E-state index in [1.54, 1.807) is 0 Å². The maximum absolute atomic E-state index is 13.4. The molecule has 1 spiro atoms. The summed E-state index contributed by atoms with van der Waals surface area (Å²) in [6, 6.07) is 0. The Kier molecular flexibility index (Phi) is 3.01. The first-order chi connectivity index (χ1) is 12.9. The highest BCUT2D eigenvalue weighted by atomic mass is 16.5. The van der Waals surface area contributed by atoms with Crippen LogP contribution in [0.1, 0.15) is 51.9 Å². The minimum Gasteiger partial charge on any atom is -0.392 e. The molecule has 7 rings (SSSR count). The molecule has 2 heterocycles. The third-order valence-electron chi connectivity index (χ3n) is 9.78. The number of fused-ring (bicyclic) bond motifs is 3. The summed E-state index contributed by atoms with van der Waals surface area (Å²) in [6.45, 7) is 7.49. The second kappa shape index (κ2) is 4.85. The molecule has 7 aliphatic rings. The van der Waals surface area contributed by atoms with Crippen LogP contribution in [0.3, 0.4) is 0 Å². The zero-order chi connectivity index (χ0) is 18.8. The Balaban J connectivity index is 1.59. The van der Waals surface area contributed by atoms with E-state index < -0.39 is 16.9 Å². The van der Waals surface area contributed by atoms with Gasteiger partial charge in [-0.15, -0.1) is 0 Å². The molecular formula is C22H29NO4. The van der Waals surface area contributed by atoms with Crippen molar-refractivity contribution in [2.24, 2.45) is 34.0 Å². The fraction of sp³-hybridized carbons (Fsp3) is 0.818.